The third-order valence-corrected chi connectivity index (χ3v) is 4.35. The molecule has 1 aromatic heterocycles. The Morgan fingerprint density at radius 1 is 1.42 bits per heavy atom. The second-order valence-corrected chi connectivity index (χ2v) is 6.21. The summed E-state index contributed by atoms with van der Waals surface area (Å²) in [7, 11) is 0. The summed E-state index contributed by atoms with van der Waals surface area (Å²) in [5.74, 6) is 0.760. The highest BCUT2D eigenvalue weighted by molar-refractivity contribution is 5.89. The minimum Gasteiger partial charge on any atom is -0.324 e. The smallest absolute Gasteiger partial charge is 0.321 e. The molecule has 1 fully saturated rings. The zero-order valence-electron chi connectivity index (χ0n) is 14.0. The van der Waals surface area contributed by atoms with E-state index in [0.717, 1.165) is 30.8 Å². The van der Waals surface area contributed by atoms with Crippen LogP contribution in [0.3, 0.4) is 0 Å². The summed E-state index contributed by atoms with van der Waals surface area (Å²) >= 11 is 0. The standard InChI is InChI=1S/C17H22FN5O/c1-3-22-11-19-21-16(22)13-5-4-6-23(10-13)17(24)20-15-8-12(2)7-14(18)9-15/h7-9,11,13H,3-6,10H2,1-2H3,(H,20,24). The number of nitrogens with one attached hydrogen (secondary N) is 1. The largest absolute Gasteiger partial charge is 0.324 e. The van der Waals surface area contributed by atoms with E-state index in [9.17, 15) is 9.18 Å². The lowest BCUT2D eigenvalue weighted by atomic mass is 9.97. The quantitative estimate of drug-likeness (QED) is 0.940. The van der Waals surface area contributed by atoms with Crippen LogP contribution in [0.5, 0.6) is 0 Å². The van der Waals surface area contributed by atoms with E-state index in [-0.39, 0.29) is 17.8 Å². The first-order valence-corrected chi connectivity index (χ1v) is 8.27. The summed E-state index contributed by atoms with van der Waals surface area (Å²) in [5.41, 5.74) is 1.26. The normalized spacial score (nSPS) is 17.8. The van der Waals surface area contributed by atoms with Crippen LogP contribution >= 0.6 is 0 Å². The van der Waals surface area contributed by atoms with E-state index in [4.69, 9.17) is 0 Å². The summed E-state index contributed by atoms with van der Waals surface area (Å²) in [5, 5.41) is 11.0. The lowest BCUT2D eigenvalue weighted by Gasteiger charge is -2.32. The Morgan fingerprint density at radius 2 is 2.25 bits per heavy atom. The topological polar surface area (TPSA) is 63.1 Å². The molecule has 0 aliphatic carbocycles. The van der Waals surface area contributed by atoms with Gasteiger partial charge in [0.1, 0.15) is 18.0 Å². The zero-order chi connectivity index (χ0) is 17.1. The maximum Gasteiger partial charge on any atom is 0.321 e. The fourth-order valence-electron chi connectivity index (χ4n) is 3.21. The fraction of sp³-hybridized carbons (Fsp3) is 0.471. The molecule has 1 unspecified atom stereocenters. The van der Waals surface area contributed by atoms with E-state index >= 15 is 0 Å². The number of urea groups is 1. The summed E-state index contributed by atoms with van der Waals surface area (Å²) in [6, 6.07) is 4.33. The Morgan fingerprint density at radius 3 is 3.00 bits per heavy atom. The second-order valence-electron chi connectivity index (χ2n) is 6.21. The maximum absolute atomic E-state index is 13.5. The first kappa shape index (κ1) is 16.4. The van der Waals surface area contributed by atoms with Crippen molar-refractivity contribution in [1.29, 1.82) is 0 Å². The lowest BCUT2D eigenvalue weighted by Crippen LogP contribution is -2.42. The van der Waals surface area contributed by atoms with Crippen LogP contribution in [0.1, 0.15) is 37.1 Å². The van der Waals surface area contributed by atoms with E-state index in [2.05, 4.69) is 15.5 Å². The van der Waals surface area contributed by atoms with Crippen LogP contribution < -0.4 is 5.32 Å². The van der Waals surface area contributed by atoms with Crippen LogP contribution in [0.25, 0.3) is 0 Å². The molecule has 128 valence electrons. The maximum atomic E-state index is 13.5. The van der Waals surface area contributed by atoms with Crippen molar-refractivity contribution >= 4 is 11.7 Å². The number of carbonyl (C=O) groups excluding carboxylic acids is 1. The predicted octanol–water partition coefficient (Wildman–Crippen LogP) is 3.16. The number of halogens is 1. The molecule has 1 saturated heterocycles. The van der Waals surface area contributed by atoms with E-state index < -0.39 is 0 Å². The molecule has 1 N–H and O–H groups in total. The molecule has 0 saturated carbocycles. The van der Waals surface area contributed by atoms with Gasteiger partial charge in [0, 0.05) is 31.2 Å². The highest BCUT2D eigenvalue weighted by Crippen LogP contribution is 2.26. The number of amides is 2. The second kappa shape index (κ2) is 6.98. The number of aromatic nitrogens is 3. The average molecular weight is 331 g/mol. The van der Waals surface area contributed by atoms with Gasteiger partial charge in [-0.1, -0.05) is 0 Å². The molecular weight excluding hydrogens is 309 g/mol. The van der Waals surface area contributed by atoms with Crippen LogP contribution in [-0.2, 0) is 6.54 Å². The van der Waals surface area contributed by atoms with Gasteiger partial charge in [-0.3, -0.25) is 0 Å². The van der Waals surface area contributed by atoms with Gasteiger partial charge in [-0.15, -0.1) is 10.2 Å². The summed E-state index contributed by atoms with van der Waals surface area (Å²) < 4.78 is 15.5. The molecule has 1 aromatic carbocycles. The van der Waals surface area contributed by atoms with Gasteiger partial charge >= 0.3 is 6.03 Å². The molecule has 1 aliphatic rings. The van der Waals surface area contributed by atoms with E-state index in [0.29, 0.717) is 18.8 Å². The first-order chi connectivity index (χ1) is 11.6. The van der Waals surface area contributed by atoms with Crippen molar-refractivity contribution in [2.75, 3.05) is 18.4 Å². The predicted molar refractivity (Wildman–Crippen MR) is 89.4 cm³/mol. The fourth-order valence-corrected chi connectivity index (χ4v) is 3.21. The van der Waals surface area contributed by atoms with Crippen molar-refractivity contribution in [2.24, 2.45) is 0 Å². The van der Waals surface area contributed by atoms with Crippen molar-refractivity contribution in [1.82, 2.24) is 19.7 Å². The molecule has 3 rings (SSSR count). The summed E-state index contributed by atoms with van der Waals surface area (Å²) in [4.78, 5) is 14.3. The lowest BCUT2D eigenvalue weighted by molar-refractivity contribution is 0.190. The van der Waals surface area contributed by atoms with Gasteiger partial charge in [-0.05, 0) is 50.5 Å². The number of anilines is 1. The van der Waals surface area contributed by atoms with Gasteiger partial charge in [-0.2, -0.15) is 0 Å². The molecule has 0 radical (unpaired) electrons. The number of rotatable bonds is 3. The van der Waals surface area contributed by atoms with E-state index in [1.54, 1.807) is 24.2 Å². The van der Waals surface area contributed by atoms with Crippen LogP contribution in [0.2, 0.25) is 0 Å². The molecule has 2 aromatic rings. The molecule has 1 atom stereocenters. The van der Waals surface area contributed by atoms with Gasteiger partial charge < -0.3 is 14.8 Å². The molecule has 2 amide bonds. The van der Waals surface area contributed by atoms with Crippen molar-refractivity contribution in [3.05, 3.63) is 41.7 Å². The third-order valence-electron chi connectivity index (χ3n) is 4.35. The zero-order valence-corrected chi connectivity index (χ0v) is 14.0. The van der Waals surface area contributed by atoms with Crippen molar-refractivity contribution in [2.45, 2.75) is 39.2 Å². The number of benzene rings is 1. The highest BCUT2D eigenvalue weighted by atomic mass is 19.1. The number of carbonyl (C=O) groups is 1. The third kappa shape index (κ3) is 3.55. The SMILES string of the molecule is CCn1cnnc1C1CCCN(C(=O)Nc2cc(C)cc(F)c2)C1. The number of piperidine rings is 1. The molecule has 24 heavy (non-hydrogen) atoms. The van der Waals surface area contributed by atoms with Gasteiger partial charge in [0.15, 0.2) is 0 Å². The number of aryl methyl sites for hydroxylation is 2. The van der Waals surface area contributed by atoms with Crippen molar-refractivity contribution in [3.63, 3.8) is 0 Å². The van der Waals surface area contributed by atoms with Crippen LogP contribution in [-0.4, -0.2) is 38.8 Å². The molecule has 0 bridgehead atoms. The number of likely N-dealkylation sites (tertiary alicyclic amines) is 1. The van der Waals surface area contributed by atoms with Gasteiger partial charge in [-0.25, -0.2) is 9.18 Å². The molecule has 1 aliphatic heterocycles. The summed E-state index contributed by atoms with van der Waals surface area (Å²) in [6.07, 6.45) is 3.63. The van der Waals surface area contributed by atoms with Crippen LogP contribution in [0.4, 0.5) is 14.9 Å². The Kier molecular flexibility index (Phi) is 4.78. The van der Waals surface area contributed by atoms with Gasteiger partial charge in [0.25, 0.3) is 0 Å². The van der Waals surface area contributed by atoms with Gasteiger partial charge in [0.05, 0.1) is 0 Å². The minimum absolute atomic E-state index is 0.182. The average Bonchev–Trinajstić information content (AvgIpc) is 3.02. The molecule has 0 spiro atoms. The number of hydrogen-bond acceptors (Lipinski definition) is 3. The van der Waals surface area contributed by atoms with Crippen LogP contribution in [0.15, 0.2) is 24.5 Å². The summed E-state index contributed by atoms with van der Waals surface area (Å²) in [6.45, 7) is 5.95. The Bertz CT molecular complexity index is 709. The molecule has 6 nitrogen and oxygen atoms in total. The van der Waals surface area contributed by atoms with Crippen LogP contribution in [0, 0.1) is 12.7 Å². The monoisotopic (exact) mass is 331 g/mol. The van der Waals surface area contributed by atoms with Gasteiger partial charge in [0.2, 0.25) is 0 Å². The molecular formula is C17H22FN5O. The molecule has 2 heterocycles. The Balaban J connectivity index is 1.69. The highest BCUT2D eigenvalue weighted by Gasteiger charge is 2.27. The Hall–Kier alpha value is -2.44. The minimum atomic E-state index is -0.349. The van der Waals surface area contributed by atoms with Crippen molar-refractivity contribution in [3.8, 4) is 0 Å². The van der Waals surface area contributed by atoms with E-state index in [1.807, 2.05) is 11.5 Å². The number of nitrogens with zero attached hydrogens (tertiary/aromatic N) is 4. The van der Waals surface area contributed by atoms with Crippen molar-refractivity contribution < 1.29 is 9.18 Å². The van der Waals surface area contributed by atoms with E-state index in [1.165, 1.54) is 12.1 Å². The molecule has 7 heteroatoms. The first-order valence-electron chi connectivity index (χ1n) is 8.27. The number of hydrogen-bond donors (Lipinski definition) is 1. The Labute approximate surface area is 140 Å².